The van der Waals surface area contributed by atoms with E-state index < -0.39 is 0 Å². The quantitative estimate of drug-likeness (QED) is 0.680. The second-order valence-electron chi connectivity index (χ2n) is 7.26. The number of likely N-dealkylation sites (tertiary alicyclic amines) is 1. The highest BCUT2D eigenvalue weighted by Crippen LogP contribution is 2.20. The number of hydrogen-bond donors (Lipinski definition) is 2. The normalized spacial score (nSPS) is 27.8. The monoisotopic (exact) mass is 367 g/mol. The fourth-order valence-corrected chi connectivity index (χ4v) is 3.89. The van der Waals surface area contributed by atoms with Gasteiger partial charge in [0.05, 0.1) is 0 Å². The Morgan fingerprint density at radius 1 is 1.17 bits per heavy atom. The first kappa shape index (κ1) is 23.0. The van der Waals surface area contributed by atoms with E-state index in [0.717, 1.165) is 37.8 Å². The van der Waals surface area contributed by atoms with Crippen molar-refractivity contribution in [1.82, 2.24) is 15.5 Å². The van der Waals surface area contributed by atoms with Crippen molar-refractivity contribution in [2.75, 3.05) is 32.7 Å². The summed E-state index contributed by atoms with van der Waals surface area (Å²) in [5, 5.41) is 6.44. The molecule has 2 aliphatic heterocycles. The Morgan fingerprint density at radius 2 is 1.87 bits per heavy atom. The van der Waals surface area contributed by atoms with Crippen molar-refractivity contribution in [3.8, 4) is 0 Å². The third kappa shape index (κ3) is 9.13. The highest BCUT2D eigenvalue weighted by molar-refractivity contribution is 5.85. The van der Waals surface area contributed by atoms with Crippen LogP contribution in [0.1, 0.15) is 52.4 Å². The molecule has 2 saturated heterocycles. The van der Waals surface area contributed by atoms with Crippen molar-refractivity contribution in [2.45, 2.75) is 58.4 Å². The van der Waals surface area contributed by atoms with Crippen molar-refractivity contribution < 1.29 is 4.79 Å². The van der Waals surface area contributed by atoms with Crippen LogP contribution in [0.4, 0.5) is 0 Å². The van der Waals surface area contributed by atoms with Gasteiger partial charge in [-0.25, -0.2) is 0 Å². The number of unbranched alkanes of at least 4 members (excludes halogenated alkanes) is 1. The first-order valence-electron chi connectivity index (χ1n) is 8.86. The molecule has 0 aliphatic carbocycles. The summed E-state index contributed by atoms with van der Waals surface area (Å²) < 4.78 is 0. The number of amides is 1. The fraction of sp³-hybridized carbons (Fsp3) is 0.941. The van der Waals surface area contributed by atoms with Crippen LogP contribution in [-0.4, -0.2) is 49.6 Å². The van der Waals surface area contributed by atoms with E-state index in [0.29, 0.717) is 12.5 Å². The molecule has 2 fully saturated rings. The lowest BCUT2D eigenvalue weighted by Gasteiger charge is -2.34. The van der Waals surface area contributed by atoms with Crippen molar-refractivity contribution in [3.63, 3.8) is 0 Å². The van der Waals surface area contributed by atoms with Gasteiger partial charge in [-0.1, -0.05) is 13.8 Å². The van der Waals surface area contributed by atoms with Crippen LogP contribution in [-0.2, 0) is 4.79 Å². The lowest BCUT2D eigenvalue weighted by atomic mass is 9.92. The third-order valence-electron chi connectivity index (χ3n) is 4.76. The standard InChI is InChI=1S/C17H33N3O.2ClH/c1-14-10-15(2)13-20(12-14)9-4-3-7-19-17(21)11-16-6-5-8-18-16;;/h14-16,18H,3-13H2,1-2H3,(H,19,21);2*1H. The lowest BCUT2D eigenvalue weighted by molar-refractivity contribution is -0.121. The largest absolute Gasteiger partial charge is 0.356 e. The van der Waals surface area contributed by atoms with Gasteiger partial charge >= 0.3 is 0 Å². The molecule has 4 nitrogen and oxygen atoms in total. The highest BCUT2D eigenvalue weighted by Gasteiger charge is 2.21. The predicted octanol–water partition coefficient (Wildman–Crippen LogP) is 2.85. The van der Waals surface area contributed by atoms with Crippen molar-refractivity contribution in [2.24, 2.45) is 11.8 Å². The molecular weight excluding hydrogens is 333 g/mol. The van der Waals surface area contributed by atoms with Gasteiger partial charge in [0.15, 0.2) is 0 Å². The molecule has 6 heteroatoms. The maximum atomic E-state index is 11.8. The van der Waals surface area contributed by atoms with Crippen molar-refractivity contribution >= 4 is 30.7 Å². The number of halogens is 2. The van der Waals surface area contributed by atoms with Crippen LogP contribution in [0.3, 0.4) is 0 Å². The second-order valence-corrected chi connectivity index (χ2v) is 7.26. The van der Waals surface area contributed by atoms with Crippen LogP contribution >= 0.6 is 24.8 Å². The number of carbonyl (C=O) groups excluding carboxylic acids is 1. The van der Waals surface area contributed by atoms with E-state index >= 15 is 0 Å². The molecule has 0 radical (unpaired) electrons. The van der Waals surface area contributed by atoms with Crippen LogP contribution in [0.2, 0.25) is 0 Å². The molecular formula is C17H35Cl2N3O. The summed E-state index contributed by atoms with van der Waals surface area (Å²) >= 11 is 0. The summed E-state index contributed by atoms with van der Waals surface area (Å²) in [5.74, 6) is 1.90. The number of nitrogens with one attached hydrogen (secondary N) is 2. The SMILES string of the molecule is CC1CC(C)CN(CCCCNC(=O)CC2CCCN2)C1.Cl.Cl. The van der Waals surface area contributed by atoms with Gasteiger partial charge in [-0.15, -0.1) is 24.8 Å². The zero-order valence-corrected chi connectivity index (χ0v) is 16.3. The number of nitrogens with zero attached hydrogens (tertiary/aromatic N) is 1. The Morgan fingerprint density at radius 3 is 2.48 bits per heavy atom. The molecule has 1 amide bonds. The number of hydrogen-bond acceptors (Lipinski definition) is 3. The average Bonchev–Trinajstić information content (AvgIpc) is 2.90. The summed E-state index contributed by atoms with van der Waals surface area (Å²) in [7, 11) is 0. The zero-order valence-electron chi connectivity index (χ0n) is 14.7. The van der Waals surface area contributed by atoms with Crippen LogP contribution in [0.5, 0.6) is 0 Å². The molecule has 0 saturated carbocycles. The highest BCUT2D eigenvalue weighted by atomic mass is 35.5. The summed E-state index contributed by atoms with van der Waals surface area (Å²) in [6.07, 6.45) is 6.69. The number of rotatable bonds is 7. The minimum absolute atomic E-state index is 0. The average molecular weight is 368 g/mol. The van der Waals surface area contributed by atoms with E-state index in [1.54, 1.807) is 0 Å². The summed E-state index contributed by atoms with van der Waals surface area (Å²) in [6, 6.07) is 0.418. The molecule has 2 N–H and O–H groups in total. The van der Waals surface area contributed by atoms with E-state index in [1.165, 1.54) is 38.9 Å². The molecule has 0 bridgehead atoms. The van der Waals surface area contributed by atoms with Crippen LogP contribution in [0, 0.1) is 11.8 Å². The second kappa shape index (κ2) is 12.3. The van der Waals surface area contributed by atoms with Gasteiger partial charge in [-0.2, -0.15) is 0 Å². The maximum absolute atomic E-state index is 11.8. The van der Waals surface area contributed by atoms with Gasteiger partial charge in [-0.05, 0) is 57.0 Å². The van der Waals surface area contributed by atoms with Gasteiger partial charge in [-0.3, -0.25) is 4.79 Å². The van der Waals surface area contributed by atoms with Gasteiger partial charge in [0.25, 0.3) is 0 Å². The van der Waals surface area contributed by atoms with E-state index in [-0.39, 0.29) is 30.7 Å². The molecule has 0 aromatic carbocycles. The van der Waals surface area contributed by atoms with Crippen LogP contribution in [0.15, 0.2) is 0 Å². The first-order valence-corrected chi connectivity index (χ1v) is 8.86. The molecule has 2 heterocycles. The minimum Gasteiger partial charge on any atom is -0.356 e. The van der Waals surface area contributed by atoms with Gasteiger partial charge in [0.2, 0.25) is 5.91 Å². The number of piperidine rings is 1. The molecule has 23 heavy (non-hydrogen) atoms. The van der Waals surface area contributed by atoms with Gasteiger partial charge < -0.3 is 15.5 Å². The van der Waals surface area contributed by atoms with E-state index in [1.807, 2.05) is 0 Å². The zero-order chi connectivity index (χ0) is 15.1. The number of carbonyl (C=O) groups is 1. The molecule has 0 aromatic rings. The Bertz CT molecular complexity index is 315. The smallest absolute Gasteiger partial charge is 0.221 e. The maximum Gasteiger partial charge on any atom is 0.221 e. The van der Waals surface area contributed by atoms with E-state index in [2.05, 4.69) is 29.4 Å². The topological polar surface area (TPSA) is 44.4 Å². The first-order chi connectivity index (χ1) is 10.1. The summed E-state index contributed by atoms with van der Waals surface area (Å²) in [5.41, 5.74) is 0. The van der Waals surface area contributed by atoms with Crippen LogP contribution < -0.4 is 10.6 Å². The fourth-order valence-electron chi connectivity index (χ4n) is 3.89. The van der Waals surface area contributed by atoms with Crippen molar-refractivity contribution in [3.05, 3.63) is 0 Å². The van der Waals surface area contributed by atoms with Crippen LogP contribution in [0.25, 0.3) is 0 Å². The molecule has 138 valence electrons. The summed E-state index contributed by atoms with van der Waals surface area (Å²) in [4.78, 5) is 14.4. The molecule has 2 aliphatic rings. The Hall–Kier alpha value is -0.0300. The Balaban J connectivity index is 0.00000242. The van der Waals surface area contributed by atoms with Crippen molar-refractivity contribution in [1.29, 1.82) is 0 Å². The van der Waals surface area contributed by atoms with Gasteiger partial charge in [0.1, 0.15) is 0 Å². The van der Waals surface area contributed by atoms with Gasteiger partial charge in [0, 0.05) is 32.1 Å². The molecule has 3 atom stereocenters. The molecule has 2 rings (SSSR count). The predicted molar refractivity (Wildman–Crippen MR) is 102 cm³/mol. The van der Waals surface area contributed by atoms with E-state index in [4.69, 9.17) is 0 Å². The Kier molecular flexibility index (Phi) is 12.3. The Labute approximate surface area is 154 Å². The molecule has 0 spiro atoms. The molecule has 3 unspecified atom stereocenters. The third-order valence-corrected chi connectivity index (χ3v) is 4.76. The minimum atomic E-state index is 0. The lowest BCUT2D eigenvalue weighted by Crippen LogP contribution is -2.39. The molecule has 0 aromatic heterocycles. The van der Waals surface area contributed by atoms with E-state index in [9.17, 15) is 4.79 Å². The summed E-state index contributed by atoms with van der Waals surface area (Å²) in [6.45, 7) is 10.3.